The van der Waals surface area contributed by atoms with Gasteiger partial charge in [0.1, 0.15) is 23.1 Å². The van der Waals surface area contributed by atoms with Crippen molar-refractivity contribution in [1.82, 2.24) is 15.3 Å². The van der Waals surface area contributed by atoms with Crippen molar-refractivity contribution in [3.8, 4) is 11.8 Å². The number of nitriles is 1. The van der Waals surface area contributed by atoms with Crippen LogP contribution in [0.5, 0.6) is 5.75 Å². The molecule has 1 N–H and O–H groups in total. The summed E-state index contributed by atoms with van der Waals surface area (Å²) in [6.07, 6.45) is -1.18. The van der Waals surface area contributed by atoms with Crippen molar-refractivity contribution in [2.24, 2.45) is 0 Å². The molecule has 0 aliphatic heterocycles. The molecule has 0 spiro atoms. The number of benzene rings is 1. The molecule has 0 bridgehead atoms. The molecule has 0 atom stereocenters. The molecule has 30 heavy (non-hydrogen) atoms. The maximum Gasteiger partial charge on any atom is 0.280 e. The van der Waals surface area contributed by atoms with Crippen LogP contribution in [0.3, 0.4) is 0 Å². The highest BCUT2D eigenvalue weighted by Gasteiger charge is 2.14. The molecule has 0 radical (unpaired) electrons. The summed E-state index contributed by atoms with van der Waals surface area (Å²) in [5, 5.41) is 12.2. The van der Waals surface area contributed by atoms with E-state index in [9.17, 15) is 18.8 Å². The first kappa shape index (κ1) is 23.3. The van der Waals surface area contributed by atoms with E-state index >= 15 is 0 Å². The lowest BCUT2D eigenvalue weighted by atomic mass is 10.1. The minimum Gasteiger partial charge on any atom is -0.496 e. The fourth-order valence-electron chi connectivity index (χ4n) is 2.54. The number of carbonyl (C=O) groups is 1. The second-order valence-corrected chi connectivity index (χ2v) is 7.62. The fraction of sp³-hybridized carbons (Fsp3) is 0.333. The van der Waals surface area contributed by atoms with Crippen molar-refractivity contribution >= 4 is 23.7 Å². The molecular weight excluding hydrogens is 410 g/mol. The maximum atomic E-state index is 13.0. The van der Waals surface area contributed by atoms with Gasteiger partial charge in [-0.2, -0.15) is 5.26 Å². The lowest BCUT2D eigenvalue weighted by molar-refractivity contribution is -0.117. The number of ether oxygens (including phenoxy) is 1. The Morgan fingerprint density at radius 2 is 2.07 bits per heavy atom. The predicted molar refractivity (Wildman–Crippen MR) is 111 cm³/mol. The van der Waals surface area contributed by atoms with Crippen LogP contribution in [0.4, 0.5) is 8.78 Å². The van der Waals surface area contributed by atoms with Crippen LogP contribution in [0.2, 0.25) is 0 Å². The van der Waals surface area contributed by atoms with Crippen molar-refractivity contribution in [1.29, 1.82) is 5.26 Å². The van der Waals surface area contributed by atoms with E-state index in [1.807, 2.05) is 19.9 Å². The van der Waals surface area contributed by atoms with E-state index in [1.165, 1.54) is 31.0 Å². The highest BCUT2D eigenvalue weighted by molar-refractivity contribution is 7.98. The summed E-state index contributed by atoms with van der Waals surface area (Å²) in [7, 11) is 1.52. The zero-order valence-corrected chi connectivity index (χ0v) is 17.9. The van der Waals surface area contributed by atoms with E-state index in [1.54, 1.807) is 25.1 Å². The summed E-state index contributed by atoms with van der Waals surface area (Å²) in [5.41, 5.74) is 1.52. The van der Waals surface area contributed by atoms with Gasteiger partial charge in [-0.3, -0.25) is 4.79 Å². The van der Waals surface area contributed by atoms with Crippen LogP contribution in [-0.2, 0) is 10.5 Å². The fourth-order valence-corrected chi connectivity index (χ4v) is 3.43. The van der Waals surface area contributed by atoms with Gasteiger partial charge in [0.2, 0.25) is 0 Å². The molecule has 0 saturated heterocycles. The van der Waals surface area contributed by atoms with Gasteiger partial charge in [0.15, 0.2) is 5.16 Å². The van der Waals surface area contributed by atoms with Crippen LogP contribution in [0.25, 0.3) is 6.08 Å². The Morgan fingerprint density at radius 3 is 2.67 bits per heavy atom. The summed E-state index contributed by atoms with van der Waals surface area (Å²) < 4.78 is 31.3. The molecule has 0 saturated carbocycles. The van der Waals surface area contributed by atoms with Crippen LogP contribution in [0.1, 0.15) is 42.8 Å². The number of nitrogens with one attached hydrogen (secondary N) is 1. The topological polar surface area (TPSA) is 87.9 Å². The third kappa shape index (κ3) is 6.52. The number of methoxy groups -OCH3 is 1. The minimum absolute atomic E-state index is 0.0175. The molecule has 158 valence electrons. The molecule has 9 heteroatoms. The molecule has 0 unspecified atom stereocenters. The molecule has 0 aliphatic carbocycles. The second-order valence-electron chi connectivity index (χ2n) is 6.68. The van der Waals surface area contributed by atoms with Gasteiger partial charge in [-0.15, -0.1) is 0 Å². The van der Waals surface area contributed by atoms with Crippen LogP contribution in [-0.4, -0.2) is 29.0 Å². The number of thioether (sulfide) groups is 1. The Kier molecular flexibility index (Phi) is 8.30. The van der Waals surface area contributed by atoms with Crippen LogP contribution < -0.4 is 10.1 Å². The first-order chi connectivity index (χ1) is 14.2. The molecule has 1 amide bonds. The molecule has 2 aromatic rings. The summed E-state index contributed by atoms with van der Waals surface area (Å²) in [5.74, 6) is 0.496. The van der Waals surface area contributed by atoms with Gasteiger partial charge < -0.3 is 10.1 Å². The summed E-state index contributed by atoms with van der Waals surface area (Å²) in [6.45, 7) is 5.25. The van der Waals surface area contributed by atoms with E-state index in [2.05, 4.69) is 15.3 Å². The van der Waals surface area contributed by atoms with E-state index in [0.29, 0.717) is 22.8 Å². The highest BCUT2D eigenvalue weighted by atomic mass is 32.2. The summed E-state index contributed by atoms with van der Waals surface area (Å²) in [6, 6.07) is 8.29. The van der Waals surface area contributed by atoms with Gasteiger partial charge in [-0.25, -0.2) is 18.7 Å². The molecule has 0 aliphatic rings. The monoisotopic (exact) mass is 432 g/mol. The third-order valence-corrected chi connectivity index (χ3v) is 4.73. The Balaban J connectivity index is 2.28. The lowest BCUT2D eigenvalue weighted by Gasteiger charge is -2.11. The average Bonchev–Trinajstić information content (AvgIpc) is 2.69. The molecule has 1 heterocycles. The SMILES string of the molecule is COc1ccc(C=C(C#N)C(=O)NC(C)C)cc1CSc1nc(C)cc(C(F)F)n1. The number of aromatic nitrogens is 2. The zero-order valence-electron chi connectivity index (χ0n) is 17.1. The van der Waals surface area contributed by atoms with Crippen LogP contribution >= 0.6 is 11.8 Å². The largest absolute Gasteiger partial charge is 0.496 e. The predicted octanol–water partition coefficient (Wildman–Crippen LogP) is 4.46. The van der Waals surface area contributed by atoms with Gasteiger partial charge in [-0.05, 0) is 50.6 Å². The number of carbonyl (C=O) groups excluding carboxylic acids is 1. The number of hydrogen-bond acceptors (Lipinski definition) is 6. The van der Waals surface area contributed by atoms with E-state index in [0.717, 1.165) is 5.56 Å². The number of aryl methyl sites for hydroxylation is 1. The molecule has 1 aromatic carbocycles. The first-order valence-corrected chi connectivity index (χ1v) is 10.1. The van der Waals surface area contributed by atoms with Gasteiger partial charge in [0.05, 0.1) is 7.11 Å². The Morgan fingerprint density at radius 1 is 1.33 bits per heavy atom. The zero-order chi connectivity index (χ0) is 22.3. The second kappa shape index (κ2) is 10.7. The standard InChI is InChI=1S/C21H22F2N4O2S/c1-12(2)25-20(28)15(10-24)8-14-5-6-18(29-4)16(9-14)11-30-21-26-13(3)7-17(27-21)19(22)23/h5-9,12,19H,11H2,1-4H3,(H,25,28). The number of rotatable bonds is 8. The van der Waals surface area contributed by atoms with E-state index < -0.39 is 12.3 Å². The van der Waals surface area contributed by atoms with Gasteiger partial charge in [0.25, 0.3) is 12.3 Å². The molecular formula is C21H22F2N4O2S. The molecule has 6 nitrogen and oxygen atoms in total. The molecule has 1 aromatic heterocycles. The molecule has 0 fully saturated rings. The van der Waals surface area contributed by atoms with Gasteiger partial charge in [0, 0.05) is 23.1 Å². The Hall–Kier alpha value is -2.99. The normalized spacial score (nSPS) is 11.5. The van der Waals surface area contributed by atoms with Crippen molar-refractivity contribution < 1.29 is 18.3 Å². The number of nitrogens with zero attached hydrogens (tertiary/aromatic N) is 3. The van der Waals surface area contributed by atoms with Crippen LogP contribution in [0, 0.1) is 18.3 Å². The average molecular weight is 432 g/mol. The lowest BCUT2D eigenvalue weighted by Crippen LogP contribution is -2.30. The van der Waals surface area contributed by atoms with Gasteiger partial charge >= 0.3 is 0 Å². The maximum absolute atomic E-state index is 13.0. The third-order valence-electron chi connectivity index (χ3n) is 3.83. The molecule has 2 rings (SSSR count). The van der Waals surface area contributed by atoms with Crippen molar-refractivity contribution in [2.45, 2.75) is 44.1 Å². The summed E-state index contributed by atoms with van der Waals surface area (Å²) >= 11 is 1.20. The smallest absolute Gasteiger partial charge is 0.280 e. The number of alkyl halides is 2. The number of halogens is 2. The minimum atomic E-state index is -2.67. The number of amides is 1. The Bertz CT molecular complexity index is 987. The quantitative estimate of drug-likeness (QED) is 0.287. The first-order valence-electron chi connectivity index (χ1n) is 9.09. The summed E-state index contributed by atoms with van der Waals surface area (Å²) in [4.78, 5) is 20.2. The van der Waals surface area contributed by atoms with E-state index in [-0.39, 0.29) is 22.5 Å². The van der Waals surface area contributed by atoms with Crippen molar-refractivity contribution in [3.05, 3.63) is 52.4 Å². The number of hydrogen-bond donors (Lipinski definition) is 1. The van der Waals surface area contributed by atoms with Crippen molar-refractivity contribution in [3.63, 3.8) is 0 Å². The van der Waals surface area contributed by atoms with E-state index in [4.69, 9.17) is 4.74 Å². The van der Waals surface area contributed by atoms with Crippen LogP contribution in [0.15, 0.2) is 35.0 Å². The highest BCUT2D eigenvalue weighted by Crippen LogP contribution is 2.29. The Labute approximate surface area is 178 Å². The van der Waals surface area contributed by atoms with Gasteiger partial charge in [-0.1, -0.05) is 17.8 Å². The van der Waals surface area contributed by atoms with Crippen molar-refractivity contribution in [2.75, 3.05) is 7.11 Å².